The first-order valence-electron chi connectivity index (χ1n) is 9.63. The molecule has 1 amide bonds. The number of aromatic nitrogens is 1. The molecule has 0 radical (unpaired) electrons. The number of amides is 1. The number of aryl methyl sites for hydroxylation is 1. The van der Waals surface area contributed by atoms with E-state index in [1.807, 2.05) is 35.8 Å². The Hall–Kier alpha value is -2.96. The Morgan fingerprint density at radius 2 is 1.93 bits per heavy atom. The Labute approximate surface area is 162 Å². The van der Waals surface area contributed by atoms with E-state index < -0.39 is 0 Å². The van der Waals surface area contributed by atoms with Crippen molar-refractivity contribution < 1.29 is 19.0 Å². The number of benzene rings is 1. The lowest BCUT2D eigenvalue weighted by Crippen LogP contribution is -2.56. The number of rotatable bonds is 5. The van der Waals surface area contributed by atoms with Gasteiger partial charge in [-0.15, -0.1) is 0 Å². The van der Waals surface area contributed by atoms with Gasteiger partial charge in [0.2, 0.25) is 12.7 Å². The zero-order valence-electron chi connectivity index (χ0n) is 15.7. The maximum atomic E-state index is 12.5. The number of likely N-dealkylation sites (tertiary alicyclic amines) is 1. The molecule has 2 aliphatic heterocycles. The average molecular weight is 382 g/mol. The van der Waals surface area contributed by atoms with Crippen molar-refractivity contribution in [3.8, 4) is 17.2 Å². The van der Waals surface area contributed by atoms with E-state index in [2.05, 4.69) is 0 Å². The topological polar surface area (TPSA) is 70.0 Å². The molecule has 1 aromatic carbocycles. The number of carbonyl (C=O) groups is 1. The molecule has 1 saturated heterocycles. The lowest BCUT2D eigenvalue weighted by molar-refractivity contribution is -0.139. The highest BCUT2D eigenvalue weighted by atomic mass is 16.7. The largest absolute Gasteiger partial charge is 0.486 e. The number of hydrogen-bond acceptors (Lipinski definition) is 5. The van der Waals surface area contributed by atoms with E-state index in [1.165, 1.54) is 0 Å². The van der Waals surface area contributed by atoms with Crippen molar-refractivity contribution in [2.75, 3.05) is 19.9 Å². The van der Waals surface area contributed by atoms with Crippen molar-refractivity contribution in [3.63, 3.8) is 0 Å². The summed E-state index contributed by atoms with van der Waals surface area (Å²) in [7, 11) is 0. The lowest BCUT2D eigenvalue weighted by atomic mass is 10.1. The molecular formula is C21H22N2O5. The van der Waals surface area contributed by atoms with Gasteiger partial charge >= 0.3 is 0 Å². The van der Waals surface area contributed by atoms with Crippen LogP contribution in [0.3, 0.4) is 0 Å². The minimum atomic E-state index is -0.0729. The van der Waals surface area contributed by atoms with E-state index in [1.54, 1.807) is 11.0 Å². The molecule has 7 heteroatoms. The molecule has 28 heavy (non-hydrogen) atoms. The second kappa shape index (κ2) is 6.58. The molecule has 0 unspecified atom stereocenters. The number of pyridine rings is 1. The first-order chi connectivity index (χ1) is 13.6. The Kier molecular flexibility index (Phi) is 4.03. The van der Waals surface area contributed by atoms with Crippen LogP contribution in [0.5, 0.6) is 17.2 Å². The fraction of sp³-hybridized carbons (Fsp3) is 0.429. The van der Waals surface area contributed by atoms with Gasteiger partial charge in [0.15, 0.2) is 11.5 Å². The van der Waals surface area contributed by atoms with Gasteiger partial charge in [-0.1, -0.05) is 6.07 Å². The van der Waals surface area contributed by atoms with Crippen molar-refractivity contribution in [2.24, 2.45) is 0 Å². The van der Waals surface area contributed by atoms with Gasteiger partial charge in [-0.3, -0.25) is 9.59 Å². The first kappa shape index (κ1) is 17.2. The highest BCUT2D eigenvalue weighted by molar-refractivity contribution is 5.80. The van der Waals surface area contributed by atoms with Crippen molar-refractivity contribution in [1.29, 1.82) is 0 Å². The monoisotopic (exact) mass is 382 g/mol. The fourth-order valence-electron chi connectivity index (χ4n) is 3.80. The minimum absolute atomic E-state index is 0.00689. The highest BCUT2D eigenvalue weighted by Crippen LogP contribution is 2.35. The van der Waals surface area contributed by atoms with Crippen LogP contribution in [0.4, 0.5) is 0 Å². The van der Waals surface area contributed by atoms with Gasteiger partial charge in [0.1, 0.15) is 11.9 Å². The second-order valence-electron chi connectivity index (χ2n) is 7.67. The molecule has 0 bridgehead atoms. The molecule has 1 aromatic heterocycles. The van der Waals surface area contributed by atoms with E-state index in [0.29, 0.717) is 42.8 Å². The summed E-state index contributed by atoms with van der Waals surface area (Å²) in [5, 5.41) is 0. The van der Waals surface area contributed by atoms with Crippen LogP contribution in [0.15, 0.2) is 35.1 Å². The number of nitrogens with zero attached hydrogens (tertiary/aromatic N) is 2. The van der Waals surface area contributed by atoms with Crippen LogP contribution in [0.25, 0.3) is 0 Å². The molecule has 2 aromatic rings. The zero-order valence-corrected chi connectivity index (χ0v) is 15.7. The Balaban J connectivity index is 1.16. The normalized spacial score (nSPS) is 18.1. The van der Waals surface area contributed by atoms with E-state index in [4.69, 9.17) is 14.2 Å². The molecule has 3 heterocycles. The molecule has 0 N–H and O–H groups in total. The zero-order chi connectivity index (χ0) is 19.3. The van der Waals surface area contributed by atoms with E-state index in [-0.39, 0.29) is 24.4 Å². The number of fused-ring (bicyclic) bond motifs is 1. The third-order valence-electron chi connectivity index (χ3n) is 5.44. The minimum Gasteiger partial charge on any atom is -0.486 e. The summed E-state index contributed by atoms with van der Waals surface area (Å²) < 4.78 is 18.4. The highest BCUT2D eigenvalue weighted by Gasteiger charge is 2.33. The molecule has 3 aliphatic rings. The van der Waals surface area contributed by atoms with Gasteiger partial charge in [-0.25, -0.2) is 0 Å². The SMILES string of the molecule is Cc1cc(OC2CN(C(=O)Cc3ccc4c(c3)OCO4)C2)cc(=O)n1C1CC1. The molecule has 0 spiro atoms. The van der Waals surface area contributed by atoms with E-state index in [0.717, 1.165) is 24.1 Å². The molecule has 2 fully saturated rings. The van der Waals surface area contributed by atoms with Gasteiger partial charge in [-0.2, -0.15) is 0 Å². The quantitative estimate of drug-likeness (QED) is 0.792. The van der Waals surface area contributed by atoms with Crippen LogP contribution in [-0.4, -0.2) is 41.4 Å². The maximum absolute atomic E-state index is 12.5. The third kappa shape index (κ3) is 3.21. The summed E-state index contributed by atoms with van der Waals surface area (Å²) >= 11 is 0. The number of ether oxygens (including phenoxy) is 3. The third-order valence-corrected chi connectivity index (χ3v) is 5.44. The molecular weight excluding hydrogens is 360 g/mol. The second-order valence-corrected chi connectivity index (χ2v) is 7.67. The van der Waals surface area contributed by atoms with E-state index >= 15 is 0 Å². The molecule has 146 valence electrons. The van der Waals surface area contributed by atoms with Crippen molar-refractivity contribution in [2.45, 2.75) is 38.3 Å². The van der Waals surface area contributed by atoms with Gasteiger partial charge in [0.25, 0.3) is 5.56 Å². The van der Waals surface area contributed by atoms with Crippen LogP contribution < -0.4 is 19.8 Å². The van der Waals surface area contributed by atoms with Gasteiger partial charge < -0.3 is 23.7 Å². The summed E-state index contributed by atoms with van der Waals surface area (Å²) in [5.41, 5.74) is 1.82. The average Bonchev–Trinajstić information content (AvgIpc) is 3.33. The smallest absolute Gasteiger partial charge is 0.254 e. The molecule has 1 aliphatic carbocycles. The van der Waals surface area contributed by atoms with Crippen molar-refractivity contribution in [3.05, 3.63) is 51.9 Å². The van der Waals surface area contributed by atoms with Crippen LogP contribution in [0.1, 0.15) is 30.1 Å². The number of carbonyl (C=O) groups excluding carboxylic acids is 1. The summed E-state index contributed by atoms with van der Waals surface area (Å²) in [6.07, 6.45) is 2.39. The number of hydrogen-bond donors (Lipinski definition) is 0. The van der Waals surface area contributed by atoms with Gasteiger partial charge in [0.05, 0.1) is 19.5 Å². The predicted molar refractivity (Wildman–Crippen MR) is 101 cm³/mol. The van der Waals surface area contributed by atoms with Crippen LogP contribution in [-0.2, 0) is 11.2 Å². The van der Waals surface area contributed by atoms with E-state index in [9.17, 15) is 9.59 Å². The fourth-order valence-corrected chi connectivity index (χ4v) is 3.80. The van der Waals surface area contributed by atoms with Gasteiger partial charge in [-0.05, 0) is 43.5 Å². The van der Waals surface area contributed by atoms with Crippen LogP contribution in [0, 0.1) is 6.92 Å². The summed E-state index contributed by atoms with van der Waals surface area (Å²) in [6, 6.07) is 9.40. The standard InChI is InChI=1S/C21H22N2O5/c1-13-6-16(9-21(25)23(13)15-3-4-15)28-17-10-22(11-17)20(24)8-14-2-5-18-19(7-14)27-12-26-18/h2,5-7,9,15,17H,3-4,8,10-12H2,1H3. The van der Waals surface area contributed by atoms with Crippen molar-refractivity contribution >= 4 is 5.91 Å². The predicted octanol–water partition coefficient (Wildman–Crippen LogP) is 2.05. The Morgan fingerprint density at radius 3 is 2.68 bits per heavy atom. The molecule has 5 rings (SSSR count). The first-order valence-corrected chi connectivity index (χ1v) is 9.63. The molecule has 1 saturated carbocycles. The summed E-state index contributed by atoms with van der Waals surface area (Å²) in [4.78, 5) is 26.5. The van der Waals surface area contributed by atoms with Crippen LogP contribution >= 0.6 is 0 Å². The maximum Gasteiger partial charge on any atom is 0.254 e. The summed E-state index contributed by atoms with van der Waals surface area (Å²) in [6.45, 7) is 3.24. The summed E-state index contributed by atoms with van der Waals surface area (Å²) in [5.74, 6) is 2.05. The molecule has 7 nitrogen and oxygen atoms in total. The molecule has 0 atom stereocenters. The van der Waals surface area contributed by atoms with Crippen molar-refractivity contribution in [1.82, 2.24) is 9.47 Å². The Bertz CT molecular complexity index is 989. The lowest BCUT2D eigenvalue weighted by Gasteiger charge is -2.39. The Morgan fingerprint density at radius 1 is 1.14 bits per heavy atom. The van der Waals surface area contributed by atoms with Gasteiger partial charge in [0, 0.05) is 17.8 Å². The van der Waals surface area contributed by atoms with Crippen LogP contribution in [0.2, 0.25) is 0 Å².